The molecule has 1 atom stereocenters. The van der Waals surface area contributed by atoms with E-state index in [1.54, 1.807) is 0 Å². The molecule has 18 heavy (non-hydrogen) atoms. The number of nitrogens with one attached hydrogen (secondary N) is 1. The van der Waals surface area contributed by atoms with E-state index in [9.17, 15) is 4.79 Å². The van der Waals surface area contributed by atoms with Crippen LogP contribution in [0.1, 0.15) is 41.3 Å². The van der Waals surface area contributed by atoms with Crippen LogP contribution in [0.5, 0.6) is 0 Å². The van der Waals surface area contributed by atoms with Gasteiger partial charge in [0.15, 0.2) is 0 Å². The lowest BCUT2D eigenvalue weighted by Crippen LogP contribution is -2.35. The topological polar surface area (TPSA) is 55.1 Å². The Labute approximate surface area is 113 Å². The van der Waals surface area contributed by atoms with Crippen molar-refractivity contribution < 1.29 is 4.79 Å². The molecule has 1 unspecified atom stereocenters. The van der Waals surface area contributed by atoms with E-state index < -0.39 is 0 Å². The summed E-state index contributed by atoms with van der Waals surface area (Å²) in [6.45, 7) is 1.91. The van der Waals surface area contributed by atoms with E-state index >= 15 is 0 Å². The molecule has 1 aliphatic rings. The van der Waals surface area contributed by atoms with Gasteiger partial charge in [-0.25, -0.2) is 0 Å². The lowest BCUT2D eigenvalue weighted by atomic mass is 10.1. The third-order valence-electron chi connectivity index (χ3n) is 3.25. The van der Waals surface area contributed by atoms with Crippen LogP contribution in [0.2, 0.25) is 0 Å². The Hall–Kier alpha value is -1.42. The van der Waals surface area contributed by atoms with Crippen molar-refractivity contribution in [1.29, 1.82) is 0 Å². The van der Waals surface area contributed by atoms with Gasteiger partial charge in [0.05, 0.1) is 4.99 Å². The molecular formula is C14H18N2OS. The van der Waals surface area contributed by atoms with Crippen LogP contribution < -0.4 is 11.1 Å². The molecule has 0 aliphatic heterocycles. The molecule has 0 aromatic heterocycles. The Morgan fingerprint density at radius 1 is 1.44 bits per heavy atom. The first-order valence-corrected chi connectivity index (χ1v) is 6.68. The van der Waals surface area contributed by atoms with Gasteiger partial charge in [-0.15, -0.1) is 0 Å². The second kappa shape index (κ2) is 5.48. The van der Waals surface area contributed by atoms with E-state index in [2.05, 4.69) is 11.4 Å². The molecule has 2 rings (SSSR count). The molecule has 0 spiro atoms. The zero-order valence-electron chi connectivity index (χ0n) is 10.5. The minimum Gasteiger partial charge on any atom is -0.393 e. The molecule has 1 aliphatic carbocycles. The minimum atomic E-state index is -0.0477. The number of benzene rings is 1. The van der Waals surface area contributed by atoms with Gasteiger partial charge >= 0.3 is 0 Å². The number of fused-ring (bicyclic) bond motifs is 1. The molecule has 3 nitrogen and oxygen atoms in total. The van der Waals surface area contributed by atoms with Crippen LogP contribution in [-0.4, -0.2) is 16.9 Å². The quantitative estimate of drug-likeness (QED) is 0.816. The number of hydrogen-bond donors (Lipinski definition) is 2. The second-order valence-electron chi connectivity index (χ2n) is 4.88. The highest BCUT2D eigenvalue weighted by Crippen LogP contribution is 2.22. The van der Waals surface area contributed by atoms with E-state index in [-0.39, 0.29) is 11.9 Å². The Morgan fingerprint density at radius 2 is 2.17 bits per heavy atom. The van der Waals surface area contributed by atoms with Crippen LogP contribution in [0.4, 0.5) is 0 Å². The fourth-order valence-electron chi connectivity index (χ4n) is 2.37. The van der Waals surface area contributed by atoms with Crippen molar-refractivity contribution in [3.05, 3.63) is 34.9 Å². The Kier molecular flexibility index (Phi) is 3.97. The maximum atomic E-state index is 12.0. The smallest absolute Gasteiger partial charge is 0.251 e. The number of amides is 1. The van der Waals surface area contributed by atoms with Gasteiger partial charge in [0.1, 0.15) is 0 Å². The van der Waals surface area contributed by atoms with Crippen molar-refractivity contribution in [2.24, 2.45) is 5.73 Å². The van der Waals surface area contributed by atoms with Crippen LogP contribution in [0.25, 0.3) is 0 Å². The second-order valence-corrected chi connectivity index (χ2v) is 5.41. The number of aryl methyl sites for hydroxylation is 2. The van der Waals surface area contributed by atoms with E-state index in [0.29, 0.717) is 11.4 Å². The summed E-state index contributed by atoms with van der Waals surface area (Å²) in [4.78, 5) is 12.5. The summed E-state index contributed by atoms with van der Waals surface area (Å²) < 4.78 is 0. The monoisotopic (exact) mass is 262 g/mol. The zero-order valence-corrected chi connectivity index (χ0v) is 11.3. The molecule has 0 heterocycles. The molecule has 1 aromatic rings. The van der Waals surface area contributed by atoms with Gasteiger partial charge in [0.25, 0.3) is 5.91 Å². The predicted octanol–water partition coefficient (Wildman–Crippen LogP) is 1.97. The van der Waals surface area contributed by atoms with Crippen molar-refractivity contribution in [2.75, 3.05) is 0 Å². The van der Waals surface area contributed by atoms with E-state index in [1.165, 1.54) is 17.5 Å². The standard InChI is InChI=1S/C14H18N2OS/c1-9(7-13(15)18)16-14(17)12-6-5-10-3-2-4-11(10)8-12/h5-6,8-9H,2-4,7H2,1H3,(H2,15,18)(H,16,17). The van der Waals surface area contributed by atoms with Crippen molar-refractivity contribution in [3.63, 3.8) is 0 Å². The van der Waals surface area contributed by atoms with Crippen molar-refractivity contribution in [3.8, 4) is 0 Å². The number of nitrogens with two attached hydrogens (primary N) is 1. The molecule has 1 aromatic carbocycles. The zero-order chi connectivity index (χ0) is 13.1. The maximum absolute atomic E-state index is 12.0. The molecule has 0 radical (unpaired) electrons. The fraction of sp³-hybridized carbons (Fsp3) is 0.429. The number of carbonyl (C=O) groups excluding carboxylic acids is 1. The first-order valence-electron chi connectivity index (χ1n) is 6.27. The highest BCUT2D eigenvalue weighted by atomic mass is 32.1. The normalized spacial score (nSPS) is 14.9. The van der Waals surface area contributed by atoms with Gasteiger partial charge in [-0.05, 0) is 49.4 Å². The SMILES string of the molecule is CC(CC(N)=S)NC(=O)c1ccc2c(c1)CCC2. The Balaban J connectivity index is 2.03. The summed E-state index contributed by atoms with van der Waals surface area (Å²) in [5.74, 6) is -0.0477. The summed E-state index contributed by atoms with van der Waals surface area (Å²) in [5.41, 5.74) is 8.88. The summed E-state index contributed by atoms with van der Waals surface area (Å²) >= 11 is 4.83. The van der Waals surface area contributed by atoms with E-state index in [0.717, 1.165) is 18.4 Å². The molecule has 3 N–H and O–H groups in total. The van der Waals surface area contributed by atoms with Crippen molar-refractivity contribution >= 4 is 23.1 Å². The predicted molar refractivity (Wildman–Crippen MR) is 76.8 cm³/mol. The fourth-order valence-corrected chi connectivity index (χ4v) is 2.62. The van der Waals surface area contributed by atoms with Gasteiger partial charge in [-0.2, -0.15) is 0 Å². The number of hydrogen-bond acceptors (Lipinski definition) is 2. The number of carbonyl (C=O) groups is 1. The lowest BCUT2D eigenvalue weighted by Gasteiger charge is -2.13. The number of thiocarbonyl (C=S) groups is 1. The molecule has 0 saturated carbocycles. The summed E-state index contributed by atoms with van der Waals surface area (Å²) in [7, 11) is 0. The summed E-state index contributed by atoms with van der Waals surface area (Å²) in [6.07, 6.45) is 3.94. The van der Waals surface area contributed by atoms with Crippen LogP contribution in [0.3, 0.4) is 0 Å². The molecule has 1 amide bonds. The van der Waals surface area contributed by atoms with Gasteiger partial charge in [-0.3, -0.25) is 4.79 Å². The largest absolute Gasteiger partial charge is 0.393 e. The summed E-state index contributed by atoms with van der Waals surface area (Å²) in [6, 6.07) is 5.94. The van der Waals surface area contributed by atoms with Crippen LogP contribution >= 0.6 is 12.2 Å². The highest BCUT2D eigenvalue weighted by Gasteiger charge is 2.15. The summed E-state index contributed by atoms with van der Waals surface area (Å²) in [5, 5.41) is 2.91. The third kappa shape index (κ3) is 3.07. The molecule has 4 heteroatoms. The average molecular weight is 262 g/mol. The van der Waals surface area contributed by atoms with E-state index in [1.807, 2.05) is 19.1 Å². The van der Waals surface area contributed by atoms with Crippen molar-refractivity contribution in [2.45, 2.75) is 38.6 Å². The van der Waals surface area contributed by atoms with Crippen LogP contribution in [-0.2, 0) is 12.8 Å². The van der Waals surface area contributed by atoms with Crippen LogP contribution in [0, 0.1) is 0 Å². The molecule has 0 saturated heterocycles. The van der Waals surface area contributed by atoms with Crippen molar-refractivity contribution in [1.82, 2.24) is 5.32 Å². The molecular weight excluding hydrogens is 244 g/mol. The maximum Gasteiger partial charge on any atom is 0.251 e. The third-order valence-corrected chi connectivity index (χ3v) is 3.41. The van der Waals surface area contributed by atoms with Gasteiger partial charge in [-0.1, -0.05) is 18.3 Å². The average Bonchev–Trinajstić information content (AvgIpc) is 2.74. The van der Waals surface area contributed by atoms with Gasteiger partial charge in [0, 0.05) is 18.0 Å². The Bertz CT molecular complexity index is 485. The first kappa shape index (κ1) is 13.0. The minimum absolute atomic E-state index is 0.0248. The molecule has 0 bridgehead atoms. The lowest BCUT2D eigenvalue weighted by molar-refractivity contribution is 0.0941. The Morgan fingerprint density at radius 3 is 2.89 bits per heavy atom. The molecule has 96 valence electrons. The first-order chi connectivity index (χ1) is 8.56. The highest BCUT2D eigenvalue weighted by molar-refractivity contribution is 7.80. The molecule has 0 fully saturated rings. The van der Waals surface area contributed by atoms with Crippen LogP contribution in [0.15, 0.2) is 18.2 Å². The van der Waals surface area contributed by atoms with E-state index in [4.69, 9.17) is 18.0 Å². The van der Waals surface area contributed by atoms with Gasteiger partial charge in [0.2, 0.25) is 0 Å². The van der Waals surface area contributed by atoms with Gasteiger partial charge < -0.3 is 11.1 Å². The number of rotatable bonds is 4.